The molecule has 1 heterocycles. The maximum Gasteiger partial charge on any atom is 0.225 e. The zero-order valence-corrected chi connectivity index (χ0v) is 12.7. The molecule has 2 fully saturated rings. The normalized spacial score (nSPS) is 23.7. The highest BCUT2D eigenvalue weighted by Crippen LogP contribution is 2.32. The van der Waals surface area contributed by atoms with E-state index in [1.54, 1.807) is 0 Å². The summed E-state index contributed by atoms with van der Waals surface area (Å²) in [5.41, 5.74) is 0. The van der Waals surface area contributed by atoms with Crippen molar-refractivity contribution in [3.05, 3.63) is 0 Å². The lowest BCUT2D eigenvalue weighted by atomic mass is 9.96. The minimum absolute atomic E-state index is 0.00656. The van der Waals surface area contributed by atoms with Crippen LogP contribution in [0.5, 0.6) is 0 Å². The third-order valence-electron chi connectivity index (χ3n) is 4.17. The number of ether oxygens (including phenoxy) is 1. The van der Waals surface area contributed by atoms with Gasteiger partial charge in [0.05, 0.1) is 18.6 Å². The Kier molecular flexibility index (Phi) is 5.99. The van der Waals surface area contributed by atoms with Crippen LogP contribution in [0.25, 0.3) is 0 Å². The summed E-state index contributed by atoms with van der Waals surface area (Å²) in [5, 5.41) is 12.4. The van der Waals surface area contributed by atoms with Crippen LogP contribution in [0, 0.1) is 11.8 Å². The summed E-state index contributed by atoms with van der Waals surface area (Å²) in [4.78, 5) is 26.0. The Bertz CT molecular complexity index is 371. The van der Waals surface area contributed by atoms with Crippen molar-refractivity contribution >= 4 is 11.8 Å². The van der Waals surface area contributed by atoms with E-state index in [0.717, 1.165) is 32.2 Å². The number of piperidine rings is 1. The highest BCUT2D eigenvalue weighted by Gasteiger charge is 2.36. The summed E-state index contributed by atoms with van der Waals surface area (Å²) in [5.74, 6) is 0.327. The summed E-state index contributed by atoms with van der Waals surface area (Å²) in [6.07, 6.45) is 3.67. The first kappa shape index (κ1) is 16.2. The summed E-state index contributed by atoms with van der Waals surface area (Å²) < 4.78 is 4.84. The Morgan fingerprint density at radius 3 is 2.76 bits per heavy atom. The molecule has 2 unspecified atom stereocenters. The number of aliphatic hydroxyl groups is 1. The fourth-order valence-corrected chi connectivity index (χ4v) is 2.76. The topological polar surface area (TPSA) is 78.9 Å². The average molecular weight is 298 g/mol. The van der Waals surface area contributed by atoms with Crippen LogP contribution >= 0.6 is 0 Å². The number of carbonyl (C=O) groups is 2. The van der Waals surface area contributed by atoms with E-state index in [9.17, 15) is 14.7 Å². The molecule has 1 saturated heterocycles. The fraction of sp³-hybridized carbons (Fsp3) is 0.867. The molecule has 0 aromatic heterocycles. The van der Waals surface area contributed by atoms with Crippen LogP contribution in [0.15, 0.2) is 0 Å². The number of likely N-dealkylation sites (tertiary alicyclic amines) is 1. The third-order valence-corrected chi connectivity index (χ3v) is 4.17. The lowest BCUT2D eigenvalue weighted by Gasteiger charge is -2.32. The highest BCUT2D eigenvalue weighted by atomic mass is 16.5. The van der Waals surface area contributed by atoms with E-state index in [-0.39, 0.29) is 30.3 Å². The summed E-state index contributed by atoms with van der Waals surface area (Å²) in [6, 6.07) is 0. The van der Waals surface area contributed by atoms with Crippen LogP contribution < -0.4 is 5.32 Å². The molecule has 6 nitrogen and oxygen atoms in total. The molecule has 2 rings (SSSR count). The molecule has 0 aromatic carbocycles. The zero-order chi connectivity index (χ0) is 15.2. The molecule has 2 amide bonds. The number of nitrogens with zero attached hydrogens (tertiary/aromatic N) is 1. The SMILES string of the molecule is COCC(O)CCNC(=O)C1CCCN(C(=O)C2CC2)C1. The Morgan fingerprint density at radius 1 is 1.33 bits per heavy atom. The molecule has 2 N–H and O–H groups in total. The second kappa shape index (κ2) is 7.75. The van der Waals surface area contributed by atoms with Gasteiger partial charge >= 0.3 is 0 Å². The van der Waals surface area contributed by atoms with Crippen molar-refractivity contribution in [3.8, 4) is 0 Å². The van der Waals surface area contributed by atoms with Crippen LogP contribution in [0.1, 0.15) is 32.1 Å². The van der Waals surface area contributed by atoms with Gasteiger partial charge in [0, 0.05) is 32.7 Å². The molecule has 1 aliphatic heterocycles. The van der Waals surface area contributed by atoms with E-state index in [1.165, 1.54) is 7.11 Å². The summed E-state index contributed by atoms with van der Waals surface area (Å²) in [7, 11) is 1.54. The van der Waals surface area contributed by atoms with E-state index >= 15 is 0 Å². The molecular formula is C15H26N2O4. The molecule has 21 heavy (non-hydrogen) atoms. The van der Waals surface area contributed by atoms with Crippen molar-refractivity contribution in [2.24, 2.45) is 11.8 Å². The number of nitrogens with one attached hydrogen (secondary N) is 1. The zero-order valence-electron chi connectivity index (χ0n) is 12.7. The van der Waals surface area contributed by atoms with Gasteiger partial charge in [-0.2, -0.15) is 0 Å². The second-order valence-electron chi connectivity index (χ2n) is 6.09. The van der Waals surface area contributed by atoms with Crippen LogP contribution in [0.2, 0.25) is 0 Å². The molecular weight excluding hydrogens is 272 g/mol. The first-order chi connectivity index (χ1) is 10.1. The Balaban J connectivity index is 1.70. The van der Waals surface area contributed by atoms with Crippen LogP contribution in [0.4, 0.5) is 0 Å². The largest absolute Gasteiger partial charge is 0.391 e. The Labute approximate surface area is 125 Å². The van der Waals surface area contributed by atoms with Gasteiger partial charge in [0.2, 0.25) is 11.8 Å². The van der Waals surface area contributed by atoms with E-state index in [0.29, 0.717) is 19.5 Å². The highest BCUT2D eigenvalue weighted by molar-refractivity contribution is 5.83. The number of rotatable bonds is 7. The number of carbonyl (C=O) groups excluding carboxylic acids is 2. The number of methoxy groups -OCH3 is 1. The number of aliphatic hydroxyl groups excluding tert-OH is 1. The number of amides is 2. The van der Waals surface area contributed by atoms with E-state index in [4.69, 9.17) is 4.74 Å². The molecule has 1 aliphatic carbocycles. The lowest BCUT2D eigenvalue weighted by Crippen LogP contribution is -2.46. The van der Waals surface area contributed by atoms with Gasteiger partial charge in [-0.15, -0.1) is 0 Å². The standard InChI is InChI=1S/C15H26N2O4/c1-21-10-13(18)6-7-16-14(19)12-3-2-8-17(9-12)15(20)11-4-5-11/h11-13,18H,2-10H2,1H3,(H,16,19). The third kappa shape index (κ3) is 4.97. The quantitative estimate of drug-likeness (QED) is 0.701. The van der Waals surface area contributed by atoms with Crippen molar-refractivity contribution in [1.29, 1.82) is 0 Å². The maximum atomic E-state index is 12.1. The molecule has 0 radical (unpaired) electrons. The predicted molar refractivity (Wildman–Crippen MR) is 77.5 cm³/mol. The van der Waals surface area contributed by atoms with E-state index in [1.807, 2.05) is 4.90 Å². The van der Waals surface area contributed by atoms with Crippen molar-refractivity contribution in [1.82, 2.24) is 10.2 Å². The Morgan fingerprint density at radius 2 is 2.10 bits per heavy atom. The van der Waals surface area contributed by atoms with Crippen LogP contribution in [-0.4, -0.2) is 61.3 Å². The number of hydrogen-bond acceptors (Lipinski definition) is 4. The van der Waals surface area contributed by atoms with Crippen LogP contribution in [0.3, 0.4) is 0 Å². The molecule has 0 aromatic rings. The molecule has 120 valence electrons. The fourth-order valence-electron chi connectivity index (χ4n) is 2.76. The molecule has 2 atom stereocenters. The van der Waals surface area contributed by atoms with E-state index in [2.05, 4.69) is 5.32 Å². The predicted octanol–water partition coefficient (Wildman–Crippen LogP) is 0.149. The average Bonchev–Trinajstić information content (AvgIpc) is 3.31. The smallest absolute Gasteiger partial charge is 0.225 e. The van der Waals surface area contributed by atoms with Crippen molar-refractivity contribution in [2.75, 3.05) is 33.4 Å². The summed E-state index contributed by atoms with van der Waals surface area (Å²) in [6.45, 7) is 2.05. The van der Waals surface area contributed by atoms with Crippen LogP contribution in [-0.2, 0) is 14.3 Å². The van der Waals surface area contributed by atoms with Crippen molar-refractivity contribution < 1.29 is 19.4 Å². The van der Waals surface area contributed by atoms with Gasteiger partial charge in [-0.3, -0.25) is 9.59 Å². The molecule has 0 spiro atoms. The van der Waals surface area contributed by atoms with Gasteiger partial charge in [-0.25, -0.2) is 0 Å². The summed E-state index contributed by atoms with van der Waals surface area (Å²) >= 11 is 0. The van der Waals surface area contributed by atoms with E-state index < -0.39 is 6.10 Å². The van der Waals surface area contributed by atoms with Gasteiger partial charge in [0.25, 0.3) is 0 Å². The van der Waals surface area contributed by atoms with Gasteiger partial charge in [-0.1, -0.05) is 0 Å². The monoisotopic (exact) mass is 298 g/mol. The maximum absolute atomic E-state index is 12.1. The lowest BCUT2D eigenvalue weighted by molar-refractivity contribution is -0.136. The van der Waals surface area contributed by atoms with Gasteiger partial charge < -0.3 is 20.1 Å². The molecule has 0 bridgehead atoms. The molecule has 6 heteroatoms. The van der Waals surface area contributed by atoms with Crippen molar-refractivity contribution in [2.45, 2.75) is 38.2 Å². The first-order valence-electron chi connectivity index (χ1n) is 7.85. The first-order valence-corrected chi connectivity index (χ1v) is 7.85. The molecule has 1 saturated carbocycles. The van der Waals surface area contributed by atoms with Gasteiger partial charge in [-0.05, 0) is 32.1 Å². The minimum atomic E-state index is -0.547. The Hall–Kier alpha value is -1.14. The van der Waals surface area contributed by atoms with Crippen molar-refractivity contribution in [3.63, 3.8) is 0 Å². The van der Waals surface area contributed by atoms with Gasteiger partial charge in [0.1, 0.15) is 0 Å². The minimum Gasteiger partial charge on any atom is -0.391 e. The van der Waals surface area contributed by atoms with Gasteiger partial charge in [0.15, 0.2) is 0 Å². The second-order valence-corrected chi connectivity index (χ2v) is 6.09. The molecule has 2 aliphatic rings. The number of hydrogen-bond donors (Lipinski definition) is 2.